The molecule has 0 fully saturated rings. The molecule has 2 aromatic carbocycles. The van der Waals surface area contributed by atoms with Gasteiger partial charge in [0.05, 0.1) is 11.4 Å². The summed E-state index contributed by atoms with van der Waals surface area (Å²) in [5.41, 5.74) is 1.21. The highest BCUT2D eigenvalue weighted by Gasteiger charge is 2.22. The standard InChI is InChI=1S/C19H24N4O3S.HI/c1-20-19(22-14-16-13-15-7-5-6-10-18(15)26-16)21-11-12-23-27(24,25)17-8-3-2-4-9-17;/h2-10,16,23H,11-14H2,1H3,(H2,20,21,22);1H. The Morgan fingerprint density at radius 2 is 1.79 bits per heavy atom. The molecule has 0 bridgehead atoms. The molecule has 3 N–H and O–H groups in total. The van der Waals surface area contributed by atoms with E-state index in [1.54, 1.807) is 37.4 Å². The number of sulfonamides is 1. The van der Waals surface area contributed by atoms with E-state index in [9.17, 15) is 8.42 Å². The summed E-state index contributed by atoms with van der Waals surface area (Å²) in [5, 5.41) is 6.31. The summed E-state index contributed by atoms with van der Waals surface area (Å²) < 4.78 is 32.8. The van der Waals surface area contributed by atoms with Gasteiger partial charge < -0.3 is 15.4 Å². The zero-order valence-electron chi connectivity index (χ0n) is 15.6. The lowest BCUT2D eigenvalue weighted by molar-refractivity contribution is 0.235. The summed E-state index contributed by atoms with van der Waals surface area (Å²) in [6.45, 7) is 1.28. The molecule has 1 atom stereocenters. The maximum atomic E-state index is 12.2. The van der Waals surface area contributed by atoms with Gasteiger partial charge >= 0.3 is 0 Å². The largest absolute Gasteiger partial charge is 0.488 e. The molecule has 152 valence electrons. The second kappa shape index (κ2) is 10.6. The molecule has 2 aromatic rings. The predicted molar refractivity (Wildman–Crippen MR) is 121 cm³/mol. The summed E-state index contributed by atoms with van der Waals surface area (Å²) in [6.07, 6.45) is 0.911. The van der Waals surface area contributed by atoms with Crippen molar-refractivity contribution in [2.24, 2.45) is 4.99 Å². The molecule has 9 heteroatoms. The van der Waals surface area contributed by atoms with Crippen LogP contribution < -0.4 is 20.1 Å². The van der Waals surface area contributed by atoms with Crippen molar-refractivity contribution in [1.29, 1.82) is 0 Å². The van der Waals surface area contributed by atoms with Gasteiger partial charge in [-0.3, -0.25) is 4.99 Å². The van der Waals surface area contributed by atoms with Crippen molar-refractivity contribution in [2.45, 2.75) is 17.4 Å². The Balaban J connectivity index is 0.00000280. The summed E-state index contributed by atoms with van der Waals surface area (Å²) in [4.78, 5) is 4.41. The Bertz CT molecular complexity index is 866. The van der Waals surface area contributed by atoms with Crippen LogP contribution in [-0.4, -0.2) is 47.2 Å². The van der Waals surface area contributed by atoms with E-state index >= 15 is 0 Å². The van der Waals surface area contributed by atoms with Crippen molar-refractivity contribution >= 4 is 40.0 Å². The third-order valence-electron chi connectivity index (χ3n) is 4.20. The Morgan fingerprint density at radius 3 is 2.50 bits per heavy atom. The number of halogens is 1. The maximum Gasteiger partial charge on any atom is 0.240 e. The number of rotatable bonds is 7. The summed E-state index contributed by atoms with van der Waals surface area (Å²) >= 11 is 0. The number of para-hydroxylation sites is 1. The molecular formula is C19H25IN4O3S. The van der Waals surface area contributed by atoms with E-state index in [4.69, 9.17) is 4.74 Å². The lowest BCUT2D eigenvalue weighted by atomic mass is 10.1. The van der Waals surface area contributed by atoms with Gasteiger partial charge in [0.15, 0.2) is 5.96 Å². The van der Waals surface area contributed by atoms with Crippen molar-refractivity contribution in [3.8, 4) is 5.75 Å². The van der Waals surface area contributed by atoms with E-state index in [0.29, 0.717) is 19.0 Å². The molecule has 0 saturated heterocycles. The van der Waals surface area contributed by atoms with Crippen molar-refractivity contribution in [2.75, 3.05) is 26.7 Å². The van der Waals surface area contributed by atoms with Gasteiger partial charge in [0, 0.05) is 26.6 Å². The average Bonchev–Trinajstić information content (AvgIpc) is 3.11. The fraction of sp³-hybridized carbons (Fsp3) is 0.316. The quantitative estimate of drug-likeness (QED) is 0.226. The first-order valence-corrected chi connectivity index (χ1v) is 10.3. The Kier molecular flexibility index (Phi) is 8.52. The molecule has 0 aliphatic carbocycles. The topological polar surface area (TPSA) is 91.8 Å². The van der Waals surface area contributed by atoms with Gasteiger partial charge in [0.2, 0.25) is 10.0 Å². The molecular weight excluding hydrogens is 491 g/mol. The molecule has 1 aliphatic heterocycles. The predicted octanol–water partition coefficient (Wildman–Crippen LogP) is 1.75. The fourth-order valence-electron chi connectivity index (χ4n) is 2.85. The summed E-state index contributed by atoms with van der Waals surface area (Å²) in [5.74, 6) is 1.54. The third kappa shape index (κ3) is 6.08. The van der Waals surface area contributed by atoms with Crippen LogP contribution >= 0.6 is 24.0 Å². The molecule has 0 spiro atoms. The van der Waals surface area contributed by atoms with Crippen LogP contribution in [0.25, 0.3) is 0 Å². The highest BCUT2D eigenvalue weighted by atomic mass is 127. The minimum atomic E-state index is -3.49. The van der Waals surface area contributed by atoms with Crippen molar-refractivity contribution < 1.29 is 13.2 Å². The van der Waals surface area contributed by atoms with E-state index in [2.05, 4.69) is 26.4 Å². The van der Waals surface area contributed by atoms with E-state index in [1.165, 1.54) is 5.56 Å². The second-order valence-corrected chi connectivity index (χ2v) is 7.91. The van der Waals surface area contributed by atoms with E-state index < -0.39 is 10.0 Å². The number of ether oxygens (including phenoxy) is 1. The first-order valence-electron chi connectivity index (χ1n) is 8.82. The van der Waals surface area contributed by atoms with Gasteiger partial charge in [-0.05, 0) is 23.8 Å². The number of benzene rings is 2. The molecule has 28 heavy (non-hydrogen) atoms. The SMILES string of the molecule is CN=C(NCCNS(=O)(=O)c1ccccc1)NCC1Cc2ccccc2O1.I. The summed E-state index contributed by atoms with van der Waals surface area (Å²) in [7, 11) is -1.82. The van der Waals surface area contributed by atoms with Gasteiger partial charge in [-0.2, -0.15) is 0 Å². The highest BCUT2D eigenvalue weighted by Crippen LogP contribution is 2.27. The van der Waals surface area contributed by atoms with Crippen LogP contribution in [0.3, 0.4) is 0 Å². The minimum absolute atomic E-state index is 0. The van der Waals surface area contributed by atoms with E-state index in [0.717, 1.165) is 12.2 Å². The van der Waals surface area contributed by atoms with Crippen LogP contribution in [-0.2, 0) is 16.4 Å². The van der Waals surface area contributed by atoms with Crippen molar-refractivity contribution in [3.63, 3.8) is 0 Å². The van der Waals surface area contributed by atoms with Crippen LogP contribution in [0.4, 0.5) is 0 Å². The second-order valence-electron chi connectivity index (χ2n) is 6.14. The molecule has 0 saturated carbocycles. The molecule has 1 unspecified atom stereocenters. The molecule has 0 amide bonds. The Hall–Kier alpha value is -1.85. The average molecular weight is 516 g/mol. The number of aliphatic imine (C=N–C) groups is 1. The van der Waals surface area contributed by atoms with Gasteiger partial charge in [0.25, 0.3) is 0 Å². The van der Waals surface area contributed by atoms with Crippen LogP contribution in [0.1, 0.15) is 5.56 Å². The fourth-order valence-corrected chi connectivity index (χ4v) is 3.90. The van der Waals surface area contributed by atoms with Gasteiger partial charge in [0.1, 0.15) is 11.9 Å². The number of hydrogen-bond acceptors (Lipinski definition) is 4. The normalized spacial score (nSPS) is 15.9. The molecule has 1 aliphatic rings. The molecule has 0 radical (unpaired) electrons. The van der Waals surface area contributed by atoms with Crippen molar-refractivity contribution in [3.05, 3.63) is 60.2 Å². The Labute approximate surface area is 183 Å². The van der Waals surface area contributed by atoms with Crippen LogP contribution in [0.5, 0.6) is 5.75 Å². The smallest absolute Gasteiger partial charge is 0.240 e. The monoisotopic (exact) mass is 516 g/mol. The number of hydrogen-bond donors (Lipinski definition) is 3. The van der Waals surface area contributed by atoms with Crippen LogP contribution in [0.2, 0.25) is 0 Å². The minimum Gasteiger partial charge on any atom is -0.488 e. The lowest BCUT2D eigenvalue weighted by Gasteiger charge is -2.15. The van der Waals surface area contributed by atoms with Crippen LogP contribution in [0.15, 0.2) is 64.5 Å². The maximum absolute atomic E-state index is 12.2. The lowest BCUT2D eigenvalue weighted by Crippen LogP contribution is -2.44. The van der Waals surface area contributed by atoms with E-state index in [-0.39, 0.29) is 41.5 Å². The van der Waals surface area contributed by atoms with Gasteiger partial charge in [-0.25, -0.2) is 13.1 Å². The molecule has 3 rings (SSSR count). The number of guanidine groups is 1. The first kappa shape index (κ1) is 22.4. The van der Waals surface area contributed by atoms with Gasteiger partial charge in [-0.15, -0.1) is 24.0 Å². The number of nitrogens with one attached hydrogen (secondary N) is 3. The van der Waals surface area contributed by atoms with E-state index in [1.807, 2.05) is 18.2 Å². The van der Waals surface area contributed by atoms with Crippen molar-refractivity contribution in [1.82, 2.24) is 15.4 Å². The number of nitrogens with zero attached hydrogens (tertiary/aromatic N) is 1. The van der Waals surface area contributed by atoms with Crippen LogP contribution in [0, 0.1) is 0 Å². The highest BCUT2D eigenvalue weighted by molar-refractivity contribution is 14.0. The molecule has 0 aromatic heterocycles. The third-order valence-corrected chi connectivity index (χ3v) is 5.67. The zero-order chi connectivity index (χ0) is 19.1. The molecule has 7 nitrogen and oxygen atoms in total. The zero-order valence-corrected chi connectivity index (χ0v) is 18.7. The Morgan fingerprint density at radius 1 is 1.07 bits per heavy atom. The first-order chi connectivity index (χ1) is 13.1. The number of fused-ring (bicyclic) bond motifs is 1. The van der Waals surface area contributed by atoms with Gasteiger partial charge in [-0.1, -0.05) is 36.4 Å². The summed E-state index contributed by atoms with van der Waals surface area (Å²) in [6, 6.07) is 16.3. The molecule has 1 heterocycles.